The summed E-state index contributed by atoms with van der Waals surface area (Å²) in [4.78, 5) is 2.54. The van der Waals surface area contributed by atoms with Gasteiger partial charge in [0.05, 0.1) is 11.0 Å². The molecule has 0 bridgehead atoms. The fourth-order valence-corrected chi connectivity index (χ4v) is 5.22. The Labute approximate surface area is 167 Å². The standard InChI is InChI=1S/C23H39NO2S/c1-19(2)27(25,26)15-9-7-5-6-8-10-22-11-13-23(14-12-22)24-17-20(3)16-21(4)18-24/h11-14,19-21H,5-10,15-18H2,1-4H3/t20-,21+. The summed E-state index contributed by atoms with van der Waals surface area (Å²) in [5, 5.41) is -0.239. The summed E-state index contributed by atoms with van der Waals surface area (Å²) in [6, 6.07) is 9.15. The average molecular weight is 394 g/mol. The van der Waals surface area contributed by atoms with E-state index in [4.69, 9.17) is 0 Å². The zero-order valence-electron chi connectivity index (χ0n) is 17.8. The van der Waals surface area contributed by atoms with Crippen LogP contribution >= 0.6 is 0 Å². The van der Waals surface area contributed by atoms with Gasteiger partial charge in [0.1, 0.15) is 0 Å². The van der Waals surface area contributed by atoms with Crippen LogP contribution in [0.25, 0.3) is 0 Å². The van der Waals surface area contributed by atoms with Gasteiger partial charge in [0.15, 0.2) is 9.84 Å². The topological polar surface area (TPSA) is 37.4 Å². The summed E-state index contributed by atoms with van der Waals surface area (Å²) in [5.41, 5.74) is 2.78. The number of sulfone groups is 1. The molecule has 1 aromatic rings. The van der Waals surface area contributed by atoms with Gasteiger partial charge in [0.25, 0.3) is 0 Å². The summed E-state index contributed by atoms with van der Waals surface area (Å²) >= 11 is 0. The summed E-state index contributed by atoms with van der Waals surface area (Å²) in [5.74, 6) is 1.91. The molecule has 1 saturated heterocycles. The van der Waals surface area contributed by atoms with Crippen LogP contribution in [0.2, 0.25) is 0 Å². The van der Waals surface area contributed by atoms with Gasteiger partial charge in [-0.05, 0) is 69.1 Å². The lowest BCUT2D eigenvalue weighted by Gasteiger charge is -2.36. The molecule has 0 spiro atoms. The van der Waals surface area contributed by atoms with Crippen LogP contribution in [0.4, 0.5) is 5.69 Å². The Morgan fingerprint density at radius 2 is 1.48 bits per heavy atom. The van der Waals surface area contributed by atoms with E-state index in [0.717, 1.165) is 37.5 Å². The first-order valence-corrected chi connectivity index (χ1v) is 12.5. The van der Waals surface area contributed by atoms with Crippen molar-refractivity contribution in [3.63, 3.8) is 0 Å². The molecule has 2 atom stereocenters. The second-order valence-corrected chi connectivity index (χ2v) is 11.6. The Morgan fingerprint density at radius 1 is 0.926 bits per heavy atom. The third kappa shape index (κ3) is 7.48. The largest absolute Gasteiger partial charge is 0.371 e. The van der Waals surface area contributed by atoms with Gasteiger partial charge in [-0.3, -0.25) is 0 Å². The van der Waals surface area contributed by atoms with Gasteiger partial charge in [-0.1, -0.05) is 45.2 Å². The quantitative estimate of drug-likeness (QED) is 0.494. The predicted octanol–water partition coefficient (Wildman–Crippen LogP) is 5.49. The molecule has 154 valence electrons. The minimum Gasteiger partial charge on any atom is -0.371 e. The molecule has 0 amide bonds. The lowest BCUT2D eigenvalue weighted by Crippen LogP contribution is -2.38. The molecular weight excluding hydrogens is 354 g/mol. The highest BCUT2D eigenvalue weighted by molar-refractivity contribution is 7.91. The number of piperidine rings is 1. The molecule has 3 nitrogen and oxygen atoms in total. The minimum atomic E-state index is -2.86. The maximum atomic E-state index is 11.8. The number of anilines is 1. The summed E-state index contributed by atoms with van der Waals surface area (Å²) in [6.45, 7) is 10.6. The number of hydrogen-bond acceptors (Lipinski definition) is 3. The van der Waals surface area contributed by atoms with Crippen LogP contribution in [0.3, 0.4) is 0 Å². The molecule has 1 heterocycles. The Kier molecular flexibility index (Phi) is 8.65. The van der Waals surface area contributed by atoms with Crippen LogP contribution in [-0.4, -0.2) is 32.5 Å². The van der Waals surface area contributed by atoms with Gasteiger partial charge in [0.2, 0.25) is 0 Å². The molecule has 27 heavy (non-hydrogen) atoms. The van der Waals surface area contributed by atoms with E-state index in [1.807, 2.05) is 0 Å². The van der Waals surface area contributed by atoms with Crippen LogP contribution in [0.15, 0.2) is 24.3 Å². The Bertz CT molecular complexity index is 641. The molecule has 4 heteroatoms. The van der Waals surface area contributed by atoms with E-state index in [2.05, 4.69) is 43.0 Å². The third-order valence-corrected chi connectivity index (χ3v) is 8.08. The number of unbranched alkanes of at least 4 members (excludes halogenated alkanes) is 4. The molecule has 0 N–H and O–H groups in total. The van der Waals surface area contributed by atoms with E-state index in [1.165, 1.54) is 43.6 Å². The molecule has 0 aliphatic carbocycles. The fourth-order valence-electron chi connectivity index (χ4n) is 4.15. The molecule has 1 aromatic carbocycles. The SMILES string of the molecule is CC(C)S(=O)(=O)CCCCCCCc1ccc(N2C[C@H](C)C[C@H](C)C2)cc1. The summed E-state index contributed by atoms with van der Waals surface area (Å²) in [7, 11) is -2.86. The van der Waals surface area contributed by atoms with E-state index in [0.29, 0.717) is 5.75 Å². The highest BCUT2D eigenvalue weighted by atomic mass is 32.2. The number of rotatable bonds is 10. The Hall–Kier alpha value is -1.03. The maximum Gasteiger partial charge on any atom is 0.152 e. The van der Waals surface area contributed by atoms with Crippen molar-refractivity contribution in [2.45, 2.75) is 77.9 Å². The summed E-state index contributed by atoms with van der Waals surface area (Å²) in [6.07, 6.45) is 7.81. The molecule has 0 aromatic heterocycles. The summed E-state index contributed by atoms with van der Waals surface area (Å²) < 4.78 is 23.6. The van der Waals surface area contributed by atoms with Crippen molar-refractivity contribution >= 4 is 15.5 Å². The highest BCUT2D eigenvalue weighted by Gasteiger charge is 2.21. The van der Waals surface area contributed by atoms with Crippen LogP contribution in [-0.2, 0) is 16.3 Å². The molecule has 1 aliphatic rings. The van der Waals surface area contributed by atoms with Crippen LogP contribution in [0.1, 0.15) is 71.8 Å². The second-order valence-electron chi connectivity index (χ2n) is 8.95. The molecule has 0 saturated carbocycles. The smallest absolute Gasteiger partial charge is 0.152 e. The third-order valence-electron chi connectivity index (χ3n) is 5.78. The Morgan fingerprint density at radius 3 is 2.07 bits per heavy atom. The Balaban J connectivity index is 1.64. The average Bonchev–Trinajstić information content (AvgIpc) is 2.60. The predicted molar refractivity (Wildman–Crippen MR) is 117 cm³/mol. The molecular formula is C23H39NO2S. The maximum absolute atomic E-state index is 11.8. The van der Waals surface area contributed by atoms with E-state index in [9.17, 15) is 8.42 Å². The first-order chi connectivity index (χ1) is 12.8. The van der Waals surface area contributed by atoms with Crippen LogP contribution in [0, 0.1) is 11.8 Å². The molecule has 1 aliphatic heterocycles. The van der Waals surface area contributed by atoms with Crippen molar-refractivity contribution < 1.29 is 8.42 Å². The van der Waals surface area contributed by atoms with Gasteiger partial charge >= 0.3 is 0 Å². The number of aryl methyl sites for hydroxylation is 1. The molecule has 1 fully saturated rings. The second kappa shape index (κ2) is 10.5. The number of benzene rings is 1. The highest BCUT2D eigenvalue weighted by Crippen LogP contribution is 2.26. The van der Waals surface area contributed by atoms with Crippen molar-refractivity contribution in [1.82, 2.24) is 0 Å². The van der Waals surface area contributed by atoms with Gasteiger partial charge in [-0.15, -0.1) is 0 Å². The molecule has 2 rings (SSSR count). The molecule has 0 radical (unpaired) electrons. The van der Waals surface area contributed by atoms with E-state index in [-0.39, 0.29) is 5.25 Å². The zero-order valence-corrected chi connectivity index (χ0v) is 18.6. The monoisotopic (exact) mass is 393 g/mol. The van der Waals surface area contributed by atoms with E-state index < -0.39 is 9.84 Å². The van der Waals surface area contributed by atoms with Crippen molar-refractivity contribution in [3.8, 4) is 0 Å². The van der Waals surface area contributed by atoms with Crippen molar-refractivity contribution in [3.05, 3.63) is 29.8 Å². The van der Waals surface area contributed by atoms with Gasteiger partial charge in [-0.2, -0.15) is 0 Å². The number of hydrogen-bond donors (Lipinski definition) is 0. The fraction of sp³-hybridized carbons (Fsp3) is 0.739. The lowest BCUT2D eigenvalue weighted by atomic mass is 9.91. The van der Waals surface area contributed by atoms with Crippen molar-refractivity contribution in [2.24, 2.45) is 11.8 Å². The number of nitrogens with zero attached hydrogens (tertiary/aromatic N) is 1. The first-order valence-electron chi connectivity index (χ1n) is 10.8. The van der Waals surface area contributed by atoms with Gasteiger partial charge < -0.3 is 4.90 Å². The van der Waals surface area contributed by atoms with E-state index >= 15 is 0 Å². The zero-order chi connectivity index (χ0) is 19.9. The normalized spacial score (nSPS) is 21.0. The van der Waals surface area contributed by atoms with Gasteiger partial charge in [-0.25, -0.2) is 8.42 Å². The molecule has 0 unspecified atom stereocenters. The van der Waals surface area contributed by atoms with E-state index in [1.54, 1.807) is 13.8 Å². The van der Waals surface area contributed by atoms with Crippen molar-refractivity contribution in [1.29, 1.82) is 0 Å². The van der Waals surface area contributed by atoms with Crippen LogP contribution < -0.4 is 4.90 Å². The van der Waals surface area contributed by atoms with Crippen LogP contribution in [0.5, 0.6) is 0 Å². The van der Waals surface area contributed by atoms with Crippen molar-refractivity contribution in [2.75, 3.05) is 23.7 Å². The lowest BCUT2D eigenvalue weighted by molar-refractivity contribution is 0.357. The first kappa shape index (κ1) is 22.3. The minimum absolute atomic E-state index is 0.239. The van der Waals surface area contributed by atoms with Gasteiger partial charge in [0, 0.05) is 18.8 Å².